The molecule has 0 bridgehead atoms. The summed E-state index contributed by atoms with van der Waals surface area (Å²) >= 11 is 3.72. The first-order valence-corrected chi connectivity index (χ1v) is 7.36. The molecule has 1 unspecified atom stereocenters. The van der Waals surface area contributed by atoms with E-state index in [1.165, 1.54) is 11.1 Å². The molecule has 0 saturated carbocycles. The van der Waals surface area contributed by atoms with Crippen LogP contribution in [0.25, 0.3) is 0 Å². The number of furan rings is 1. The highest BCUT2D eigenvalue weighted by Gasteiger charge is 2.32. The summed E-state index contributed by atoms with van der Waals surface area (Å²) in [4.78, 5) is 0.0860. The topological polar surface area (TPSA) is 22.4 Å². The van der Waals surface area contributed by atoms with Gasteiger partial charge in [0.1, 0.15) is 17.3 Å². The van der Waals surface area contributed by atoms with Gasteiger partial charge in [-0.25, -0.2) is 0 Å². The molecule has 3 rings (SSSR count). The molecule has 0 radical (unpaired) electrons. The van der Waals surface area contributed by atoms with Crippen LogP contribution in [0.4, 0.5) is 0 Å². The van der Waals surface area contributed by atoms with Crippen molar-refractivity contribution in [1.29, 1.82) is 0 Å². The lowest BCUT2D eigenvalue weighted by atomic mass is 9.86. The third kappa shape index (κ3) is 2.20. The van der Waals surface area contributed by atoms with Crippen LogP contribution >= 0.6 is 15.9 Å². The fraction of sp³-hybridized carbons (Fsp3) is 0.375. The monoisotopic (exact) mass is 320 g/mol. The van der Waals surface area contributed by atoms with Gasteiger partial charge in [-0.15, -0.1) is 0 Å². The summed E-state index contributed by atoms with van der Waals surface area (Å²) in [5, 5.41) is 0. The molecule has 1 aromatic heterocycles. The first kappa shape index (κ1) is 12.8. The van der Waals surface area contributed by atoms with E-state index in [2.05, 4.69) is 48.0 Å². The molecule has 1 aliphatic heterocycles. The molecule has 0 fully saturated rings. The van der Waals surface area contributed by atoms with E-state index in [0.29, 0.717) is 0 Å². The predicted octanol–water partition coefficient (Wildman–Crippen LogP) is 4.74. The van der Waals surface area contributed by atoms with E-state index in [9.17, 15) is 0 Å². The maximum absolute atomic E-state index is 5.72. The van der Waals surface area contributed by atoms with Gasteiger partial charge < -0.3 is 9.15 Å². The lowest BCUT2D eigenvalue weighted by Gasteiger charge is -2.17. The Hall–Kier alpha value is -1.22. The van der Waals surface area contributed by atoms with E-state index in [-0.39, 0.29) is 10.2 Å². The van der Waals surface area contributed by atoms with E-state index >= 15 is 0 Å². The lowest BCUT2D eigenvalue weighted by molar-refractivity contribution is 0.291. The molecule has 1 aromatic carbocycles. The number of alkyl halides is 1. The number of hydrogen-bond donors (Lipinski definition) is 0. The molecule has 19 heavy (non-hydrogen) atoms. The number of halogens is 1. The Balaban J connectivity index is 1.99. The third-order valence-corrected chi connectivity index (χ3v) is 4.60. The standard InChI is InChI=1S/C16H17BrO2/c1-10-4-6-14(19-10)15(17)11-5-7-13-12(8-11)16(2,3)9-18-13/h4-8,15H,9H2,1-3H3. The molecule has 0 spiro atoms. The van der Waals surface area contributed by atoms with E-state index in [0.717, 1.165) is 23.9 Å². The zero-order valence-electron chi connectivity index (χ0n) is 11.4. The first-order valence-electron chi connectivity index (χ1n) is 6.45. The number of fused-ring (bicyclic) bond motifs is 1. The van der Waals surface area contributed by atoms with Crippen molar-refractivity contribution in [1.82, 2.24) is 0 Å². The zero-order valence-corrected chi connectivity index (χ0v) is 13.0. The van der Waals surface area contributed by atoms with E-state index in [1.54, 1.807) is 0 Å². The number of hydrogen-bond acceptors (Lipinski definition) is 2. The van der Waals surface area contributed by atoms with Crippen molar-refractivity contribution in [2.24, 2.45) is 0 Å². The van der Waals surface area contributed by atoms with Crippen molar-refractivity contribution in [3.8, 4) is 5.75 Å². The van der Waals surface area contributed by atoms with Gasteiger partial charge in [0, 0.05) is 11.0 Å². The first-order chi connectivity index (χ1) is 8.97. The molecule has 0 amide bonds. The zero-order chi connectivity index (χ0) is 13.6. The van der Waals surface area contributed by atoms with Crippen LogP contribution in [0, 0.1) is 6.92 Å². The van der Waals surface area contributed by atoms with Crippen molar-refractivity contribution >= 4 is 15.9 Å². The van der Waals surface area contributed by atoms with Crippen molar-refractivity contribution in [3.05, 3.63) is 53.0 Å². The second-order valence-electron chi connectivity index (χ2n) is 5.74. The minimum atomic E-state index is 0.0805. The number of rotatable bonds is 2. The van der Waals surface area contributed by atoms with Gasteiger partial charge in [-0.05, 0) is 36.8 Å². The van der Waals surface area contributed by atoms with Crippen LogP contribution in [-0.2, 0) is 5.41 Å². The second-order valence-corrected chi connectivity index (χ2v) is 6.65. The summed E-state index contributed by atoms with van der Waals surface area (Å²) in [6.45, 7) is 7.13. The molecular weight excluding hydrogens is 304 g/mol. The van der Waals surface area contributed by atoms with Gasteiger partial charge in [-0.2, -0.15) is 0 Å². The van der Waals surface area contributed by atoms with Crippen LogP contribution in [0.2, 0.25) is 0 Å². The normalized spacial score (nSPS) is 17.9. The lowest BCUT2D eigenvalue weighted by Crippen LogP contribution is -2.18. The molecule has 0 saturated heterocycles. The summed E-state index contributed by atoms with van der Waals surface area (Å²) in [6, 6.07) is 10.4. The third-order valence-electron chi connectivity index (χ3n) is 3.62. The highest BCUT2D eigenvalue weighted by Crippen LogP contribution is 2.41. The quantitative estimate of drug-likeness (QED) is 0.745. The van der Waals surface area contributed by atoms with Crippen LogP contribution in [-0.4, -0.2) is 6.61 Å². The summed E-state index contributed by atoms with van der Waals surface area (Å²) < 4.78 is 11.4. The fourth-order valence-electron chi connectivity index (χ4n) is 2.45. The highest BCUT2D eigenvalue weighted by atomic mass is 79.9. The highest BCUT2D eigenvalue weighted by molar-refractivity contribution is 9.09. The Bertz CT molecular complexity index is 613. The second kappa shape index (κ2) is 4.41. The maximum atomic E-state index is 5.72. The van der Waals surface area contributed by atoms with Gasteiger partial charge >= 0.3 is 0 Å². The predicted molar refractivity (Wildman–Crippen MR) is 79.2 cm³/mol. The van der Waals surface area contributed by atoms with Gasteiger partial charge in [0.15, 0.2) is 0 Å². The van der Waals surface area contributed by atoms with E-state index in [1.807, 2.05) is 19.1 Å². The molecular formula is C16H17BrO2. The molecule has 1 aliphatic rings. The number of ether oxygens (including phenoxy) is 1. The summed E-state index contributed by atoms with van der Waals surface area (Å²) in [7, 11) is 0. The average molecular weight is 321 g/mol. The van der Waals surface area contributed by atoms with Crippen LogP contribution in [0.3, 0.4) is 0 Å². The maximum Gasteiger partial charge on any atom is 0.123 e. The van der Waals surface area contributed by atoms with Crippen LogP contribution in [0.5, 0.6) is 5.75 Å². The smallest absolute Gasteiger partial charge is 0.123 e. The Morgan fingerprint density at radius 2 is 2.00 bits per heavy atom. The van der Waals surface area contributed by atoms with Gasteiger partial charge in [-0.3, -0.25) is 0 Å². The fourth-order valence-corrected chi connectivity index (χ4v) is 2.98. The minimum Gasteiger partial charge on any atom is -0.492 e. The molecule has 3 heteroatoms. The Labute approximate surface area is 121 Å². The van der Waals surface area contributed by atoms with Crippen molar-refractivity contribution in [3.63, 3.8) is 0 Å². The molecule has 0 N–H and O–H groups in total. The van der Waals surface area contributed by atoms with Crippen LogP contribution < -0.4 is 4.74 Å². The van der Waals surface area contributed by atoms with Gasteiger partial charge in [0.05, 0.1) is 11.4 Å². The summed E-state index contributed by atoms with van der Waals surface area (Å²) in [5.41, 5.74) is 2.56. The Morgan fingerprint density at radius 1 is 1.21 bits per heavy atom. The Kier molecular flexibility index (Phi) is 2.97. The number of benzene rings is 1. The minimum absolute atomic E-state index is 0.0805. The van der Waals surface area contributed by atoms with Crippen LogP contribution in [0.1, 0.15) is 41.3 Å². The van der Waals surface area contributed by atoms with E-state index < -0.39 is 0 Å². The van der Waals surface area contributed by atoms with Crippen molar-refractivity contribution < 1.29 is 9.15 Å². The molecule has 2 nitrogen and oxygen atoms in total. The average Bonchev–Trinajstić information content (AvgIpc) is 2.93. The summed E-state index contributed by atoms with van der Waals surface area (Å²) in [5.74, 6) is 2.88. The van der Waals surface area contributed by atoms with Gasteiger partial charge in [-0.1, -0.05) is 35.8 Å². The SMILES string of the molecule is Cc1ccc(C(Br)c2ccc3c(c2)C(C)(C)CO3)o1. The molecule has 0 aliphatic carbocycles. The Morgan fingerprint density at radius 3 is 2.68 bits per heavy atom. The molecule has 100 valence electrons. The van der Waals surface area contributed by atoms with E-state index in [4.69, 9.17) is 9.15 Å². The largest absolute Gasteiger partial charge is 0.492 e. The molecule has 1 atom stereocenters. The van der Waals surface area contributed by atoms with Crippen molar-refractivity contribution in [2.45, 2.75) is 31.0 Å². The van der Waals surface area contributed by atoms with Crippen molar-refractivity contribution in [2.75, 3.05) is 6.61 Å². The number of aryl methyl sites for hydroxylation is 1. The van der Waals surface area contributed by atoms with Gasteiger partial charge in [0.2, 0.25) is 0 Å². The molecule has 2 heterocycles. The van der Waals surface area contributed by atoms with Gasteiger partial charge in [0.25, 0.3) is 0 Å². The summed E-state index contributed by atoms with van der Waals surface area (Å²) in [6.07, 6.45) is 0. The molecule has 2 aromatic rings. The van der Waals surface area contributed by atoms with Crippen LogP contribution in [0.15, 0.2) is 34.7 Å².